The zero-order valence-corrected chi connectivity index (χ0v) is 19.2. The van der Waals surface area contributed by atoms with Crippen LogP contribution in [-0.2, 0) is 6.54 Å². The number of benzene rings is 1. The van der Waals surface area contributed by atoms with Gasteiger partial charge in [-0.25, -0.2) is 4.98 Å². The highest BCUT2D eigenvalue weighted by atomic mass is 16.1. The van der Waals surface area contributed by atoms with Crippen molar-refractivity contribution in [1.82, 2.24) is 9.97 Å². The summed E-state index contributed by atoms with van der Waals surface area (Å²) in [4.78, 5) is 22.3. The number of fused-ring (bicyclic) bond motifs is 1. The van der Waals surface area contributed by atoms with E-state index < -0.39 is 0 Å². The minimum atomic E-state index is -0.0805. The number of aryl methyl sites for hydroxylation is 2. The van der Waals surface area contributed by atoms with E-state index in [2.05, 4.69) is 33.2 Å². The molecular weight excluding hydrogens is 398 g/mol. The molecule has 2 aromatic heterocycles. The highest BCUT2D eigenvalue weighted by Crippen LogP contribution is 2.35. The first kappa shape index (κ1) is 21.9. The fourth-order valence-electron chi connectivity index (χ4n) is 5.00. The van der Waals surface area contributed by atoms with Gasteiger partial charge >= 0.3 is 0 Å². The van der Waals surface area contributed by atoms with Crippen LogP contribution >= 0.6 is 0 Å². The summed E-state index contributed by atoms with van der Waals surface area (Å²) in [5.74, 6) is 0.694. The summed E-state index contributed by atoms with van der Waals surface area (Å²) in [6.07, 6.45) is 8.02. The number of anilines is 2. The molecule has 2 heterocycles. The van der Waals surface area contributed by atoms with Gasteiger partial charge in [0.1, 0.15) is 5.82 Å². The molecule has 0 unspecified atom stereocenters. The van der Waals surface area contributed by atoms with Crippen LogP contribution in [0.1, 0.15) is 61.4 Å². The number of aromatic amines is 1. The summed E-state index contributed by atoms with van der Waals surface area (Å²) >= 11 is 0. The quantitative estimate of drug-likeness (QED) is 0.564. The molecule has 0 bridgehead atoms. The molecular formula is C26H31N5O. The van der Waals surface area contributed by atoms with E-state index in [1.54, 1.807) is 6.20 Å². The van der Waals surface area contributed by atoms with E-state index in [1.807, 2.05) is 38.1 Å². The fraction of sp³-hybridized carbons (Fsp3) is 0.423. The van der Waals surface area contributed by atoms with Crippen LogP contribution in [0.15, 0.2) is 35.3 Å². The third-order valence-corrected chi connectivity index (χ3v) is 6.58. The lowest BCUT2D eigenvalue weighted by Gasteiger charge is -2.36. The molecule has 32 heavy (non-hydrogen) atoms. The Hall–Kier alpha value is -3.33. The summed E-state index contributed by atoms with van der Waals surface area (Å²) in [5, 5.41) is 15.1. The third kappa shape index (κ3) is 4.34. The molecule has 1 aliphatic carbocycles. The van der Waals surface area contributed by atoms with Gasteiger partial charge in [-0.3, -0.25) is 4.79 Å². The predicted octanol–water partition coefficient (Wildman–Crippen LogP) is 5.18. The Morgan fingerprint density at radius 1 is 1.19 bits per heavy atom. The Kier molecular flexibility index (Phi) is 6.45. The molecule has 0 spiro atoms. The first-order valence-corrected chi connectivity index (χ1v) is 11.5. The third-order valence-electron chi connectivity index (χ3n) is 6.58. The number of nitrogens with one attached hydrogen (secondary N) is 2. The van der Waals surface area contributed by atoms with Gasteiger partial charge in [0.25, 0.3) is 5.56 Å². The first-order valence-electron chi connectivity index (χ1n) is 11.5. The van der Waals surface area contributed by atoms with E-state index in [-0.39, 0.29) is 5.56 Å². The van der Waals surface area contributed by atoms with Gasteiger partial charge in [0.2, 0.25) is 0 Å². The topological polar surface area (TPSA) is 84.8 Å². The summed E-state index contributed by atoms with van der Waals surface area (Å²) in [5.41, 5.74) is 4.15. The van der Waals surface area contributed by atoms with Gasteiger partial charge in [0.05, 0.1) is 11.6 Å². The van der Waals surface area contributed by atoms with Crippen molar-refractivity contribution in [3.05, 3.63) is 63.2 Å². The number of rotatable bonds is 6. The van der Waals surface area contributed by atoms with Crippen molar-refractivity contribution in [3.8, 4) is 6.07 Å². The first-order chi connectivity index (χ1) is 15.5. The molecule has 0 aliphatic heterocycles. The molecule has 1 fully saturated rings. The second-order valence-corrected chi connectivity index (χ2v) is 8.74. The standard InChI is InChI=1S/C26H31N5O/c1-4-31(20-8-6-5-7-9-20)24-14-19(15-27)13-22-21(24)10-11-28-25(22)29-16-23-17(2)12-18(3)30-26(23)32/h10-14,20H,4-9,16H2,1-3H3,(H,28,29)(H,30,32). The fourth-order valence-corrected chi connectivity index (χ4v) is 5.00. The molecule has 1 aliphatic rings. The van der Waals surface area contributed by atoms with Crippen LogP contribution in [0, 0.1) is 25.2 Å². The summed E-state index contributed by atoms with van der Waals surface area (Å²) in [6, 6.07) is 10.8. The number of hydrogen-bond acceptors (Lipinski definition) is 5. The monoisotopic (exact) mass is 429 g/mol. The van der Waals surface area contributed by atoms with Crippen molar-refractivity contribution in [1.29, 1.82) is 5.26 Å². The minimum Gasteiger partial charge on any atom is -0.368 e. The molecule has 4 rings (SSSR count). The lowest BCUT2D eigenvalue weighted by molar-refractivity contribution is 0.418. The zero-order chi connectivity index (χ0) is 22.7. The molecule has 3 aromatic rings. The molecule has 1 aromatic carbocycles. The van der Waals surface area contributed by atoms with Crippen LogP contribution in [0.4, 0.5) is 11.5 Å². The van der Waals surface area contributed by atoms with Crippen LogP contribution < -0.4 is 15.8 Å². The van der Waals surface area contributed by atoms with E-state index in [1.165, 1.54) is 32.1 Å². The Labute approximate surface area is 189 Å². The maximum Gasteiger partial charge on any atom is 0.253 e. The highest BCUT2D eigenvalue weighted by Gasteiger charge is 2.23. The van der Waals surface area contributed by atoms with Gasteiger partial charge in [-0.15, -0.1) is 0 Å². The van der Waals surface area contributed by atoms with Crippen LogP contribution in [-0.4, -0.2) is 22.6 Å². The number of pyridine rings is 2. The molecule has 166 valence electrons. The molecule has 6 heteroatoms. The normalized spacial score (nSPS) is 14.3. The smallest absolute Gasteiger partial charge is 0.253 e. The predicted molar refractivity (Wildman–Crippen MR) is 130 cm³/mol. The van der Waals surface area contributed by atoms with Crippen molar-refractivity contribution >= 4 is 22.3 Å². The van der Waals surface area contributed by atoms with Crippen LogP contribution in [0.3, 0.4) is 0 Å². The van der Waals surface area contributed by atoms with Crippen molar-refractivity contribution in [2.24, 2.45) is 0 Å². The Balaban J connectivity index is 1.75. The number of nitriles is 1. The highest BCUT2D eigenvalue weighted by molar-refractivity contribution is 6.01. The average molecular weight is 430 g/mol. The molecule has 0 radical (unpaired) electrons. The van der Waals surface area contributed by atoms with E-state index in [4.69, 9.17) is 0 Å². The van der Waals surface area contributed by atoms with Gasteiger partial charge in [0, 0.05) is 53.0 Å². The van der Waals surface area contributed by atoms with Gasteiger partial charge < -0.3 is 15.2 Å². The molecule has 0 atom stereocenters. The summed E-state index contributed by atoms with van der Waals surface area (Å²) in [7, 11) is 0. The van der Waals surface area contributed by atoms with Gasteiger partial charge in [0.15, 0.2) is 0 Å². The molecule has 0 amide bonds. The number of H-pyrrole nitrogens is 1. The van der Waals surface area contributed by atoms with Crippen LogP contribution in [0.25, 0.3) is 10.8 Å². The maximum absolute atomic E-state index is 12.4. The van der Waals surface area contributed by atoms with Crippen LogP contribution in [0.5, 0.6) is 0 Å². The van der Waals surface area contributed by atoms with E-state index >= 15 is 0 Å². The SMILES string of the molecule is CCN(c1cc(C#N)cc2c(NCc3c(C)cc(C)[nH]c3=O)nccc12)C1CCCCC1. The van der Waals surface area contributed by atoms with Crippen molar-refractivity contribution in [2.75, 3.05) is 16.8 Å². The number of nitrogens with zero attached hydrogens (tertiary/aromatic N) is 3. The van der Waals surface area contributed by atoms with E-state index in [0.717, 1.165) is 34.3 Å². The Morgan fingerprint density at radius 2 is 1.97 bits per heavy atom. The van der Waals surface area contributed by atoms with Crippen molar-refractivity contribution in [3.63, 3.8) is 0 Å². The molecule has 1 saturated carbocycles. The largest absolute Gasteiger partial charge is 0.368 e. The summed E-state index contributed by atoms with van der Waals surface area (Å²) < 4.78 is 0. The maximum atomic E-state index is 12.4. The Bertz CT molecular complexity index is 1220. The van der Waals surface area contributed by atoms with E-state index in [0.29, 0.717) is 29.5 Å². The Morgan fingerprint density at radius 3 is 2.66 bits per heavy atom. The molecule has 2 N–H and O–H groups in total. The minimum absolute atomic E-state index is 0.0805. The zero-order valence-electron chi connectivity index (χ0n) is 19.2. The summed E-state index contributed by atoms with van der Waals surface area (Å²) in [6.45, 7) is 7.29. The van der Waals surface area contributed by atoms with Gasteiger partial charge in [-0.2, -0.15) is 5.26 Å². The number of hydrogen-bond donors (Lipinski definition) is 2. The lowest BCUT2D eigenvalue weighted by atomic mass is 9.93. The number of aromatic nitrogens is 2. The van der Waals surface area contributed by atoms with Crippen molar-refractivity contribution in [2.45, 2.75) is 65.5 Å². The van der Waals surface area contributed by atoms with Crippen LogP contribution in [0.2, 0.25) is 0 Å². The van der Waals surface area contributed by atoms with E-state index in [9.17, 15) is 10.1 Å². The molecule has 6 nitrogen and oxygen atoms in total. The lowest BCUT2D eigenvalue weighted by Crippen LogP contribution is -2.36. The van der Waals surface area contributed by atoms with Gasteiger partial charge in [-0.05, 0) is 63.4 Å². The van der Waals surface area contributed by atoms with Crippen molar-refractivity contribution < 1.29 is 0 Å². The second-order valence-electron chi connectivity index (χ2n) is 8.74. The molecule has 0 saturated heterocycles. The second kappa shape index (κ2) is 9.44. The average Bonchev–Trinajstić information content (AvgIpc) is 2.79. The van der Waals surface area contributed by atoms with Gasteiger partial charge in [-0.1, -0.05) is 19.3 Å².